The quantitative estimate of drug-likeness (QED) is 0.909. The number of aryl methyl sites for hydroxylation is 1. The summed E-state index contributed by atoms with van der Waals surface area (Å²) >= 11 is 0. The van der Waals surface area contributed by atoms with Crippen molar-refractivity contribution in [2.45, 2.75) is 19.9 Å². The summed E-state index contributed by atoms with van der Waals surface area (Å²) in [5.41, 5.74) is 2.48. The zero-order chi connectivity index (χ0) is 14.8. The third kappa shape index (κ3) is 3.28. The van der Waals surface area contributed by atoms with Crippen molar-refractivity contribution in [1.82, 2.24) is 25.2 Å². The van der Waals surface area contributed by atoms with Gasteiger partial charge in [-0.05, 0) is 26.0 Å². The average Bonchev–Trinajstić information content (AvgIpc) is 2.98. The van der Waals surface area contributed by atoms with Crippen molar-refractivity contribution >= 4 is 18.3 Å². The maximum absolute atomic E-state index is 12.5. The number of hydrogen-bond donors (Lipinski definition) is 1. The summed E-state index contributed by atoms with van der Waals surface area (Å²) in [4.78, 5) is 14.3. The minimum Gasteiger partial charge on any atom is -0.332 e. The highest BCUT2D eigenvalue weighted by Gasteiger charge is 2.26. The van der Waals surface area contributed by atoms with E-state index in [-0.39, 0.29) is 24.4 Å². The summed E-state index contributed by atoms with van der Waals surface area (Å²) in [5.74, 6) is -0.0534. The van der Waals surface area contributed by atoms with E-state index >= 15 is 0 Å². The SMILES string of the molecule is Cc1ccc(-n2cc(C(=O)N3CCNC[C@@H]3C)nn2)cc1.Cl. The summed E-state index contributed by atoms with van der Waals surface area (Å²) < 4.78 is 1.64. The lowest BCUT2D eigenvalue weighted by Crippen LogP contribution is -2.52. The Hall–Kier alpha value is -1.92. The topological polar surface area (TPSA) is 63.1 Å². The molecule has 0 aliphatic carbocycles. The van der Waals surface area contributed by atoms with Crippen molar-refractivity contribution in [3.8, 4) is 5.69 Å². The molecule has 7 heteroatoms. The molecule has 0 bridgehead atoms. The molecule has 22 heavy (non-hydrogen) atoms. The molecular formula is C15H20ClN5O. The highest BCUT2D eigenvalue weighted by Crippen LogP contribution is 2.11. The van der Waals surface area contributed by atoms with E-state index in [9.17, 15) is 4.79 Å². The molecule has 0 unspecified atom stereocenters. The second-order valence-corrected chi connectivity index (χ2v) is 5.44. The number of nitrogens with zero attached hydrogens (tertiary/aromatic N) is 4. The van der Waals surface area contributed by atoms with Gasteiger partial charge in [0.05, 0.1) is 11.9 Å². The van der Waals surface area contributed by atoms with Gasteiger partial charge < -0.3 is 10.2 Å². The van der Waals surface area contributed by atoms with Crippen LogP contribution in [0.25, 0.3) is 5.69 Å². The molecule has 1 aliphatic heterocycles. The smallest absolute Gasteiger partial charge is 0.276 e. The molecule has 3 rings (SSSR count). The maximum Gasteiger partial charge on any atom is 0.276 e. The van der Waals surface area contributed by atoms with Crippen LogP contribution in [0.5, 0.6) is 0 Å². The maximum atomic E-state index is 12.5. The van der Waals surface area contributed by atoms with Gasteiger partial charge in [-0.2, -0.15) is 0 Å². The molecule has 2 heterocycles. The largest absolute Gasteiger partial charge is 0.332 e. The first kappa shape index (κ1) is 16.5. The molecule has 1 aliphatic rings. The minimum absolute atomic E-state index is 0. The highest BCUT2D eigenvalue weighted by atomic mass is 35.5. The fourth-order valence-corrected chi connectivity index (χ4v) is 2.48. The van der Waals surface area contributed by atoms with Gasteiger partial charge in [0.15, 0.2) is 5.69 Å². The van der Waals surface area contributed by atoms with Gasteiger partial charge in [0.2, 0.25) is 0 Å². The van der Waals surface area contributed by atoms with Gasteiger partial charge in [0, 0.05) is 25.7 Å². The number of benzene rings is 1. The van der Waals surface area contributed by atoms with Crippen LogP contribution in [-0.2, 0) is 0 Å². The molecule has 1 aromatic carbocycles. The molecule has 118 valence electrons. The number of carbonyl (C=O) groups is 1. The van der Waals surface area contributed by atoms with Crippen molar-refractivity contribution in [1.29, 1.82) is 0 Å². The Morgan fingerprint density at radius 2 is 2.05 bits per heavy atom. The molecule has 0 radical (unpaired) electrons. The third-order valence-corrected chi connectivity index (χ3v) is 3.77. The lowest BCUT2D eigenvalue weighted by atomic mass is 10.2. The first-order chi connectivity index (χ1) is 10.1. The monoisotopic (exact) mass is 321 g/mol. The number of carbonyl (C=O) groups excluding carboxylic acids is 1. The summed E-state index contributed by atoms with van der Waals surface area (Å²) in [7, 11) is 0. The summed E-state index contributed by atoms with van der Waals surface area (Å²) in [6.07, 6.45) is 1.70. The summed E-state index contributed by atoms with van der Waals surface area (Å²) in [6, 6.07) is 8.13. The van der Waals surface area contributed by atoms with E-state index in [1.165, 1.54) is 5.56 Å². The molecule has 1 N–H and O–H groups in total. The first-order valence-corrected chi connectivity index (χ1v) is 7.16. The predicted molar refractivity (Wildman–Crippen MR) is 86.7 cm³/mol. The predicted octanol–water partition coefficient (Wildman–Crippen LogP) is 1.43. The molecule has 2 aromatic rings. The highest BCUT2D eigenvalue weighted by molar-refractivity contribution is 5.92. The van der Waals surface area contributed by atoms with Gasteiger partial charge in [-0.3, -0.25) is 4.79 Å². The number of nitrogens with one attached hydrogen (secondary N) is 1. The zero-order valence-electron chi connectivity index (χ0n) is 12.7. The van der Waals surface area contributed by atoms with Crippen LogP contribution in [0.3, 0.4) is 0 Å². The van der Waals surface area contributed by atoms with Crippen LogP contribution in [0.1, 0.15) is 23.0 Å². The molecule has 1 aromatic heterocycles. The molecule has 0 spiro atoms. The van der Waals surface area contributed by atoms with Gasteiger partial charge in [-0.1, -0.05) is 22.9 Å². The second kappa shape index (κ2) is 6.89. The van der Waals surface area contributed by atoms with E-state index < -0.39 is 0 Å². The van der Waals surface area contributed by atoms with Crippen LogP contribution in [-0.4, -0.2) is 51.5 Å². The van der Waals surface area contributed by atoms with Gasteiger partial charge in [-0.25, -0.2) is 4.68 Å². The Labute approximate surface area is 135 Å². The number of aromatic nitrogens is 3. The Morgan fingerprint density at radius 1 is 1.32 bits per heavy atom. The Morgan fingerprint density at radius 3 is 2.73 bits per heavy atom. The van der Waals surface area contributed by atoms with Crippen LogP contribution in [0.2, 0.25) is 0 Å². The summed E-state index contributed by atoms with van der Waals surface area (Å²) in [5, 5.41) is 11.4. The normalized spacial score (nSPS) is 17.9. The average molecular weight is 322 g/mol. The van der Waals surface area contributed by atoms with E-state index in [1.54, 1.807) is 10.9 Å². The Kier molecular flexibility index (Phi) is 5.15. The molecule has 1 atom stereocenters. The standard InChI is InChI=1S/C15H19N5O.ClH/c1-11-3-5-13(6-4-11)20-10-14(17-18-20)15(21)19-8-7-16-9-12(19)2;/h3-6,10,12,16H,7-9H2,1-2H3;1H/t12-;/m0./s1. The Bertz CT molecular complexity index is 640. The minimum atomic E-state index is -0.0534. The molecule has 0 saturated carbocycles. The number of hydrogen-bond acceptors (Lipinski definition) is 4. The molecular weight excluding hydrogens is 302 g/mol. The first-order valence-electron chi connectivity index (χ1n) is 7.16. The van der Waals surface area contributed by atoms with Crippen molar-refractivity contribution in [2.75, 3.05) is 19.6 Å². The van der Waals surface area contributed by atoms with Gasteiger partial charge in [-0.15, -0.1) is 17.5 Å². The van der Waals surface area contributed by atoms with Crippen LogP contribution >= 0.6 is 12.4 Å². The molecule has 1 fully saturated rings. The Balaban J connectivity index is 0.00000176. The van der Waals surface area contributed by atoms with Crippen molar-refractivity contribution in [3.63, 3.8) is 0 Å². The fourth-order valence-electron chi connectivity index (χ4n) is 2.48. The summed E-state index contributed by atoms with van der Waals surface area (Å²) in [6.45, 7) is 6.41. The van der Waals surface area contributed by atoms with E-state index in [4.69, 9.17) is 0 Å². The van der Waals surface area contributed by atoms with E-state index in [0.717, 1.165) is 18.8 Å². The number of piperazine rings is 1. The molecule has 1 amide bonds. The van der Waals surface area contributed by atoms with Crippen molar-refractivity contribution < 1.29 is 4.79 Å². The molecule has 6 nitrogen and oxygen atoms in total. The number of amides is 1. The van der Waals surface area contributed by atoms with Crippen LogP contribution in [0, 0.1) is 6.92 Å². The number of rotatable bonds is 2. The van der Waals surface area contributed by atoms with Crippen LogP contribution < -0.4 is 5.32 Å². The van der Waals surface area contributed by atoms with Crippen molar-refractivity contribution in [2.24, 2.45) is 0 Å². The third-order valence-electron chi connectivity index (χ3n) is 3.77. The van der Waals surface area contributed by atoms with Crippen LogP contribution in [0.15, 0.2) is 30.5 Å². The lowest BCUT2D eigenvalue weighted by molar-refractivity contribution is 0.0649. The van der Waals surface area contributed by atoms with Crippen LogP contribution in [0.4, 0.5) is 0 Å². The van der Waals surface area contributed by atoms with Gasteiger partial charge in [0.1, 0.15) is 0 Å². The second-order valence-electron chi connectivity index (χ2n) is 5.44. The zero-order valence-corrected chi connectivity index (χ0v) is 13.5. The van der Waals surface area contributed by atoms with Gasteiger partial charge in [0.25, 0.3) is 5.91 Å². The van der Waals surface area contributed by atoms with E-state index in [1.807, 2.05) is 43.0 Å². The van der Waals surface area contributed by atoms with Crippen molar-refractivity contribution in [3.05, 3.63) is 41.7 Å². The van der Waals surface area contributed by atoms with Gasteiger partial charge >= 0.3 is 0 Å². The van der Waals surface area contributed by atoms with E-state index in [2.05, 4.69) is 15.6 Å². The van der Waals surface area contributed by atoms with E-state index in [0.29, 0.717) is 12.2 Å². The number of halogens is 1. The fraction of sp³-hybridized carbons (Fsp3) is 0.400. The lowest BCUT2D eigenvalue weighted by Gasteiger charge is -2.33. The molecule has 1 saturated heterocycles.